The van der Waals surface area contributed by atoms with Gasteiger partial charge in [0, 0.05) is 71.3 Å². The van der Waals surface area contributed by atoms with Crippen molar-refractivity contribution in [3.8, 4) is 0 Å². The molecule has 0 aromatic rings. The molecule has 7 heavy (non-hydrogen) atoms. The molecule has 0 aliphatic rings. The Labute approximate surface area is 97.7 Å². The van der Waals surface area contributed by atoms with E-state index in [1.54, 1.807) is 0 Å². The second kappa shape index (κ2) is 6.56. The minimum absolute atomic E-state index is 0. The zero-order valence-corrected chi connectivity index (χ0v) is 9.18. The van der Waals surface area contributed by atoms with E-state index in [0.717, 1.165) is 0 Å². The van der Waals surface area contributed by atoms with Crippen molar-refractivity contribution >= 4 is 9.05 Å². The van der Waals surface area contributed by atoms with Gasteiger partial charge in [-0.25, -0.2) is 0 Å². The molecule has 4 nitrogen and oxygen atoms in total. The molecule has 0 amide bonds. The van der Waals surface area contributed by atoms with Gasteiger partial charge in [0.15, 0.2) is 0 Å². The van der Waals surface area contributed by atoms with Crippen LogP contribution in [0.3, 0.4) is 0 Å². The van der Waals surface area contributed by atoms with Crippen LogP contribution in [-0.2, 0) is 32.7 Å². The van der Waals surface area contributed by atoms with E-state index in [-0.39, 0.29) is 71.3 Å². The van der Waals surface area contributed by atoms with Gasteiger partial charge in [-0.2, -0.15) is 0 Å². The largest absolute Gasteiger partial charge is 0.668 e. The van der Waals surface area contributed by atoms with Gasteiger partial charge < -0.3 is 19.2 Å². The summed E-state index contributed by atoms with van der Waals surface area (Å²) in [6, 6.07) is 0. The van der Waals surface area contributed by atoms with Crippen molar-refractivity contribution < 1.29 is 90.5 Å². The fourth-order valence-corrected chi connectivity index (χ4v) is 0. The van der Waals surface area contributed by atoms with Crippen LogP contribution in [0.5, 0.6) is 0 Å². The minimum atomic E-state index is -4.61. The van der Waals surface area contributed by atoms with E-state index in [9.17, 15) is 0 Å². The van der Waals surface area contributed by atoms with E-state index >= 15 is 0 Å². The zero-order chi connectivity index (χ0) is 4.50. The fraction of sp³-hybridized carbons (Fsp3) is 0. The van der Waals surface area contributed by atoms with Crippen molar-refractivity contribution in [3.63, 3.8) is 0 Å². The van der Waals surface area contributed by atoms with E-state index < -0.39 is 9.05 Å². The predicted octanol–water partition coefficient (Wildman–Crippen LogP) is -2.61. The van der Waals surface area contributed by atoms with E-state index in [4.69, 9.17) is 19.2 Å². The van der Waals surface area contributed by atoms with Crippen molar-refractivity contribution in [3.05, 3.63) is 0 Å². The van der Waals surface area contributed by atoms with Crippen LogP contribution in [0.4, 0.5) is 0 Å². The quantitative estimate of drug-likeness (QED) is 0.363. The van der Waals surface area contributed by atoms with E-state index in [0.29, 0.717) is 0 Å². The number of rotatable bonds is 0. The Bertz CT molecular complexity index is 27.2. The molecule has 0 aromatic heterocycles. The third-order valence-electron chi connectivity index (χ3n) is 0. The van der Waals surface area contributed by atoms with Crippen LogP contribution in [-0.4, -0.2) is 28.2 Å². The van der Waals surface area contributed by atoms with Gasteiger partial charge in [-0.05, 0) is 0 Å². The molecule has 0 aliphatic heterocycles. The molecule has 44 valence electrons. The first-order valence-electron chi connectivity index (χ1n) is 0.894. The van der Waals surface area contributed by atoms with Crippen molar-refractivity contribution in [1.82, 2.24) is 0 Å². The van der Waals surface area contributed by atoms with Crippen LogP contribution in [0.1, 0.15) is 0 Å². The normalized spacial score (nSPS) is 8.57. The molecule has 0 aliphatic carbocycles. The summed E-state index contributed by atoms with van der Waals surface area (Å²) < 4.78 is 0. The Morgan fingerprint density at radius 3 is 0.857 bits per heavy atom. The SMILES string of the molecule is O[Si](O)(O)O.[Tb].[Y]. The second-order valence-electron chi connectivity index (χ2n) is 0.600. The molecule has 0 heterocycles. The standard InChI is InChI=1S/H4O4Si.Tb.Y/c1-5(2,3)4;;/h1-4H;;. The maximum absolute atomic E-state index is 7.33. The molecule has 0 rings (SSSR count). The van der Waals surface area contributed by atoms with Crippen molar-refractivity contribution in [2.75, 3.05) is 0 Å². The van der Waals surface area contributed by atoms with Crippen LogP contribution < -0.4 is 0 Å². The summed E-state index contributed by atoms with van der Waals surface area (Å²) in [5.74, 6) is 0. The molecule has 0 saturated carbocycles. The van der Waals surface area contributed by atoms with Crippen LogP contribution in [0.25, 0.3) is 0 Å². The van der Waals surface area contributed by atoms with E-state index in [1.165, 1.54) is 0 Å². The summed E-state index contributed by atoms with van der Waals surface area (Å²) in [5, 5.41) is 0. The summed E-state index contributed by atoms with van der Waals surface area (Å²) >= 11 is 0. The van der Waals surface area contributed by atoms with Gasteiger partial charge in [0.25, 0.3) is 0 Å². The Morgan fingerprint density at radius 1 is 0.857 bits per heavy atom. The van der Waals surface area contributed by atoms with Gasteiger partial charge in [0.1, 0.15) is 0 Å². The molecule has 0 fully saturated rings. The average molecular weight is 344 g/mol. The molecule has 2 radical (unpaired) electrons. The summed E-state index contributed by atoms with van der Waals surface area (Å²) in [7, 11) is -4.61. The third-order valence-corrected chi connectivity index (χ3v) is 0. The van der Waals surface area contributed by atoms with Crippen molar-refractivity contribution in [2.45, 2.75) is 0 Å². The van der Waals surface area contributed by atoms with Gasteiger partial charge in [0.05, 0.1) is 0 Å². The minimum Gasteiger partial charge on any atom is -0.368 e. The van der Waals surface area contributed by atoms with E-state index in [2.05, 4.69) is 0 Å². The predicted molar refractivity (Wildman–Crippen MR) is 14.6 cm³/mol. The number of hydrogen-bond donors (Lipinski definition) is 4. The molecule has 0 saturated heterocycles. The van der Waals surface area contributed by atoms with Gasteiger partial charge in [-0.3, -0.25) is 0 Å². The van der Waals surface area contributed by atoms with Gasteiger partial charge >= 0.3 is 9.05 Å². The Morgan fingerprint density at radius 2 is 0.857 bits per heavy atom. The topological polar surface area (TPSA) is 80.9 Å². The first-order valence-corrected chi connectivity index (χ1v) is 2.68. The Balaban J connectivity index is -0.0000000800. The first-order chi connectivity index (χ1) is 2.00. The van der Waals surface area contributed by atoms with Gasteiger partial charge in [-0.1, -0.05) is 0 Å². The van der Waals surface area contributed by atoms with Crippen LogP contribution in [0.15, 0.2) is 0 Å². The molecule has 0 atom stereocenters. The molecule has 0 aromatic carbocycles. The van der Waals surface area contributed by atoms with E-state index in [1.807, 2.05) is 0 Å². The maximum atomic E-state index is 7.33. The molecule has 0 spiro atoms. The molecule has 0 unspecified atom stereocenters. The van der Waals surface area contributed by atoms with Crippen molar-refractivity contribution in [2.24, 2.45) is 0 Å². The smallest absolute Gasteiger partial charge is 0.368 e. The summed E-state index contributed by atoms with van der Waals surface area (Å²) in [4.78, 5) is 29.3. The van der Waals surface area contributed by atoms with Crippen LogP contribution in [0, 0.1) is 38.6 Å². The van der Waals surface area contributed by atoms with Gasteiger partial charge in [-0.15, -0.1) is 0 Å². The monoisotopic (exact) mass is 344 g/mol. The molecule has 0 bridgehead atoms. The summed E-state index contributed by atoms with van der Waals surface area (Å²) in [6.07, 6.45) is 0. The molecule has 7 heteroatoms. The summed E-state index contributed by atoms with van der Waals surface area (Å²) in [5.41, 5.74) is 0. The average Bonchev–Trinajstić information content (AvgIpc) is 0.722. The first kappa shape index (κ1) is 16.2. The van der Waals surface area contributed by atoms with Crippen molar-refractivity contribution in [1.29, 1.82) is 0 Å². The molecular formula is H4O4SiTbY. The summed E-state index contributed by atoms with van der Waals surface area (Å²) in [6.45, 7) is 0. The maximum Gasteiger partial charge on any atom is 0.668 e. The van der Waals surface area contributed by atoms with Crippen LogP contribution in [0.2, 0.25) is 0 Å². The molecular weight excluding hydrogens is 340 g/mol. The zero-order valence-electron chi connectivity index (χ0n) is 3.20. The Kier molecular flexibility index (Phi) is 15.2. The van der Waals surface area contributed by atoms with Gasteiger partial charge in [0.2, 0.25) is 0 Å². The third kappa shape index (κ3) is 58.6. The fourth-order valence-electron chi connectivity index (χ4n) is 0. The second-order valence-corrected chi connectivity index (χ2v) is 1.80. The molecule has 4 N–H and O–H groups in total. The Hall–Kier alpha value is 2.45. The van der Waals surface area contributed by atoms with Crippen LogP contribution >= 0.6 is 0 Å². The number of hydrogen-bond acceptors (Lipinski definition) is 4.